The molecule has 0 radical (unpaired) electrons. The standard InChI is InChI=1S/C14H22N4/c1-3-18(9-10-4-5-10)13-8-12(15-2)16-14(17-13)11-6-7-11/h8,10-11H,3-7,9H2,1-2H3,(H,15,16,17). The van der Waals surface area contributed by atoms with Crippen LogP contribution in [0.4, 0.5) is 11.6 Å². The molecule has 0 saturated heterocycles. The Kier molecular flexibility index (Phi) is 3.10. The third-order valence-electron chi connectivity index (χ3n) is 3.81. The van der Waals surface area contributed by atoms with Crippen molar-refractivity contribution in [2.75, 3.05) is 30.4 Å². The quantitative estimate of drug-likeness (QED) is 0.837. The Bertz CT molecular complexity index is 424. The smallest absolute Gasteiger partial charge is 0.136 e. The van der Waals surface area contributed by atoms with E-state index < -0.39 is 0 Å². The molecule has 0 bridgehead atoms. The Balaban J connectivity index is 1.85. The molecule has 4 heteroatoms. The molecular weight excluding hydrogens is 224 g/mol. The predicted molar refractivity (Wildman–Crippen MR) is 74.2 cm³/mol. The van der Waals surface area contributed by atoms with Crippen molar-refractivity contribution in [3.63, 3.8) is 0 Å². The number of hydrogen-bond donors (Lipinski definition) is 1. The maximum absolute atomic E-state index is 4.77. The first-order valence-corrected chi connectivity index (χ1v) is 7.11. The molecule has 3 rings (SSSR count). The summed E-state index contributed by atoms with van der Waals surface area (Å²) in [4.78, 5) is 11.7. The van der Waals surface area contributed by atoms with Crippen LogP contribution in [0.15, 0.2) is 6.07 Å². The summed E-state index contributed by atoms with van der Waals surface area (Å²) in [6, 6.07) is 2.08. The molecule has 2 aliphatic rings. The van der Waals surface area contributed by atoms with Crippen molar-refractivity contribution in [2.24, 2.45) is 5.92 Å². The first-order chi connectivity index (χ1) is 8.80. The Labute approximate surface area is 109 Å². The molecule has 1 aromatic heterocycles. The zero-order valence-electron chi connectivity index (χ0n) is 11.3. The van der Waals surface area contributed by atoms with Crippen molar-refractivity contribution in [2.45, 2.75) is 38.5 Å². The van der Waals surface area contributed by atoms with Crippen LogP contribution in [0, 0.1) is 5.92 Å². The summed E-state index contributed by atoms with van der Waals surface area (Å²) >= 11 is 0. The molecule has 0 atom stereocenters. The molecule has 4 nitrogen and oxygen atoms in total. The van der Waals surface area contributed by atoms with Gasteiger partial charge in [-0.25, -0.2) is 9.97 Å². The molecule has 98 valence electrons. The van der Waals surface area contributed by atoms with Crippen molar-refractivity contribution >= 4 is 11.6 Å². The third kappa shape index (κ3) is 2.57. The van der Waals surface area contributed by atoms with Gasteiger partial charge in [-0.2, -0.15) is 0 Å². The van der Waals surface area contributed by atoms with Gasteiger partial charge >= 0.3 is 0 Å². The number of aromatic nitrogens is 2. The van der Waals surface area contributed by atoms with Gasteiger partial charge in [-0.1, -0.05) is 0 Å². The van der Waals surface area contributed by atoms with Crippen LogP contribution >= 0.6 is 0 Å². The van der Waals surface area contributed by atoms with Crippen LogP contribution in [0.3, 0.4) is 0 Å². The molecule has 1 heterocycles. The monoisotopic (exact) mass is 246 g/mol. The van der Waals surface area contributed by atoms with E-state index in [0.717, 1.165) is 36.5 Å². The molecule has 2 fully saturated rings. The van der Waals surface area contributed by atoms with Crippen LogP contribution in [0.5, 0.6) is 0 Å². The first-order valence-electron chi connectivity index (χ1n) is 7.11. The van der Waals surface area contributed by atoms with Gasteiger partial charge in [-0.15, -0.1) is 0 Å². The van der Waals surface area contributed by atoms with Crippen molar-refractivity contribution < 1.29 is 0 Å². The van der Waals surface area contributed by atoms with E-state index in [0.29, 0.717) is 5.92 Å². The molecule has 2 aliphatic carbocycles. The predicted octanol–water partition coefficient (Wildman–Crippen LogP) is 2.63. The van der Waals surface area contributed by atoms with Crippen molar-refractivity contribution in [1.29, 1.82) is 0 Å². The SMILES string of the molecule is CCN(CC1CC1)c1cc(NC)nc(C2CC2)n1. The summed E-state index contributed by atoms with van der Waals surface area (Å²) in [6.07, 6.45) is 5.27. The van der Waals surface area contributed by atoms with E-state index in [-0.39, 0.29) is 0 Å². The van der Waals surface area contributed by atoms with Gasteiger partial charge in [-0.05, 0) is 38.5 Å². The fourth-order valence-electron chi connectivity index (χ4n) is 2.26. The topological polar surface area (TPSA) is 41.0 Å². The highest BCUT2D eigenvalue weighted by molar-refractivity contribution is 5.49. The first kappa shape index (κ1) is 11.8. The highest BCUT2D eigenvalue weighted by Crippen LogP contribution is 2.39. The summed E-state index contributed by atoms with van der Waals surface area (Å²) in [5, 5.41) is 3.16. The normalized spacial score (nSPS) is 18.8. The third-order valence-corrected chi connectivity index (χ3v) is 3.81. The maximum Gasteiger partial charge on any atom is 0.136 e. The van der Waals surface area contributed by atoms with Crippen molar-refractivity contribution in [1.82, 2.24) is 9.97 Å². The molecule has 2 saturated carbocycles. The van der Waals surface area contributed by atoms with Crippen molar-refractivity contribution in [3.8, 4) is 0 Å². The lowest BCUT2D eigenvalue weighted by atomic mass is 10.3. The van der Waals surface area contributed by atoms with Crippen LogP contribution < -0.4 is 10.2 Å². The fourth-order valence-corrected chi connectivity index (χ4v) is 2.26. The second kappa shape index (κ2) is 4.75. The summed E-state index contributed by atoms with van der Waals surface area (Å²) in [6.45, 7) is 4.39. The number of nitrogens with zero attached hydrogens (tertiary/aromatic N) is 3. The van der Waals surface area contributed by atoms with Gasteiger partial charge in [0.2, 0.25) is 0 Å². The van der Waals surface area contributed by atoms with E-state index in [4.69, 9.17) is 4.98 Å². The van der Waals surface area contributed by atoms with E-state index in [1.54, 1.807) is 0 Å². The second-order valence-electron chi connectivity index (χ2n) is 5.48. The van der Waals surface area contributed by atoms with Gasteiger partial charge in [-0.3, -0.25) is 0 Å². The average Bonchev–Trinajstić information content (AvgIpc) is 3.29. The number of rotatable bonds is 6. The number of anilines is 2. The van der Waals surface area contributed by atoms with E-state index in [2.05, 4.69) is 28.2 Å². The molecule has 0 unspecified atom stereocenters. The van der Waals surface area contributed by atoms with Gasteiger partial charge in [0, 0.05) is 32.1 Å². The second-order valence-corrected chi connectivity index (χ2v) is 5.48. The van der Waals surface area contributed by atoms with Crippen LogP contribution in [0.25, 0.3) is 0 Å². The fraction of sp³-hybridized carbons (Fsp3) is 0.714. The molecule has 0 aromatic carbocycles. The van der Waals surface area contributed by atoms with E-state index in [1.165, 1.54) is 25.7 Å². The minimum absolute atomic E-state index is 0.608. The summed E-state index contributed by atoms with van der Waals surface area (Å²) in [5.41, 5.74) is 0. The zero-order valence-corrected chi connectivity index (χ0v) is 11.3. The van der Waals surface area contributed by atoms with Gasteiger partial charge < -0.3 is 10.2 Å². The minimum Gasteiger partial charge on any atom is -0.373 e. The Morgan fingerprint density at radius 2 is 2.06 bits per heavy atom. The van der Waals surface area contributed by atoms with Crippen LogP contribution in [0.1, 0.15) is 44.3 Å². The van der Waals surface area contributed by atoms with Gasteiger partial charge in [0.25, 0.3) is 0 Å². The van der Waals surface area contributed by atoms with Gasteiger partial charge in [0.1, 0.15) is 17.5 Å². The average molecular weight is 246 g/mol. The molecule has 0 spiro atoms. The zero-order chi connectivity index (χ0) is 12.5. The van der Waals surface area contributed by atoms with Gasteiger partial charge in [0.15, 0.2) is 0 Å². The van der Waals surface area contributed by atoms with Gasteiger partial charge in [0.05, 0.1) is 0 Å². The lowest BCUT2D eigenvalue weighted by Crippen LogP contribution is -2.26. The van der Waals surface area contributed by atoms with Crippen molar-refractivity contribution in [3.05, 3.63) is 11.9 Å². The Hall–Kier alpha value is -1.32. The molecule has 0 aliphatic heterocycles. The number of nitrogens with one attached hydrogen (secondary N) is 1. The number of hydrogen-bond acceptors (Lipinski definition) is 4. The largest absolute Gasteiger partial charge is 0.373 e. The van der Waals surface area contributed by atoms with E-state index in [1.807, 2.05) is 7.05 Å². The van der Waals surface area contributed by atoms with E-state index in [9.17, 15) is 0 Å². The molecular formula is C14H22N4. The Morgan fingerprint density at radius 3 is 2.61 bits per heavy atom. The Morgan fingerprint density at radius 1 is 1.28 bits per heavy atom. The van der Waals surface area contributed by atoms with E-state index >= 15 is 0 Å². The summed E-state index contributed by atoms with van der Waals surface area (Å²) in [5.74, 6) is 4.59. The highest BCUT2D eigenvalue weighted by Gasteiger charge is 2.29. The summed E-state index contributed by atoms with van der Waals surface area (Å²) < 4.78 is 0. The maximum atomic E-state index is 4.77. The minimum atomic E-state index is 0.608. The lowest BCUT2D eigenvalue weighted by molar-refractivity contribution is 0.725. The lowest BCUT2D eigenvalue weighted by Gasteiger charge is -2.22. The molecule has 1 N–H and O–H groups in total. The van der Waals surface area contributed by atoms with Crippen LogP contribution in [-0.2, 0) is 0 Å². The van der Waals surface area contributed by atoms with Crippen LogP contribution in [-0.4, -0.2) is 30.1 Å². The summed E-state index contributed by atoms with van der Waals surface area (Å²) in [7, 11) is 1.93. The highest BCUT2D eigenvalue weighted by atomic mass is 15.2. The molecule has 0 amide bonds. The molecule has 1 aromatic rings. The molecule has 18 heavy (non-hydrogen) atoms. The van der Waals surface area contributed by atoms with Crippen LogP contribution in [0.2, 0.25) is 0 Å².